The highest BCUT2D eigenvalue weighted by Gasteiger charge is 2.29. The van der Waals surface area contributed by atoms with Gasteiger partial charge in [-0.3, -0.25) is 14.3 Å². The average molecular weight is 363 g/mol. The summed E-state index contributed by atoms with van der Waals surface area (Å²) >= 11 is 0. The molecule has 7 nitrogen and oxygen atoms in total. The number of carbonyl (C=O) groups excluding carboxylic acids is 1. The van der Waals surface area contributed by atoms with E-state index in [0.717, 1.165) is 5.56 Å². The zero-order valence-electron chi connectivity index (χ0n) is 15.1. The summed E-state index contributed by atoms with van der Waals surface area (Å²) in [6.45, 7) is 2.83. The maximum Gasteiger partial charge on any atom is 0.254 e. The number of aromatic nitrogens is 4. The molecule has 1 aliphatic heterocycles. The summed E-state index contributed by atoms with van der Waals surface area (Å²) < 4.78 is 1.69. The van der Waals surface area contributed by atoms with Crippen LogP contribution in [0.25, 0.3) is 11.4 Å². The van der Waals surface area contributed by atoms with Crippen LogP contribution in [-0.2, 0) is 17.8 Å². The minimum absolute atomic E-state index is 0.00944. The molecule has 0 bridgehead atoms. The number of nitrogens with one attached hydrogen (secondary N) is 1. The van der Waals surface area contributed by atoms with Crippen molar-refractivity contribution in [3.8, 4) is 11.4 Å². The smallest absolute Gasteiger partial charge is 0.254 e. The molecule has 0 aliphatic carbocycles. The number of carbonyl (C=O) groups is 1. The molecule has 7 heteroatoms. The van der Waals surface area contributed by atoms with Crippen LogP contribution in [0.2, 0.25) is 0 Å². The van der Waals surface area contributed by atoms with Gasteiger partial charge in [-0.15, -0.1) is 0 Å². The van der Waals surface area contributed by atoms with Gasteiger partial charge in [-0.1, -0.05) is 37.3 Å². The van der Waals surface area contributed by atoms with Gasteiger partial charge in [0, 0.05) is 30.1 Å². The minimum Gasteiger partial charge on any atom is -0.335 e. The molecule has 2 aromatic heterocycles. The predicted molar refractivity (Wildman–Crippen MR) is 101 cm³/mol. The van der Waals surface area contributed by atoms with Crippen LogP contribution in [0.3, 0.4) is 0 Å². The molecular weight excluding hydrogens is 342 g/mol. The highest BCUT2D eigenvalue weighted by molar-refractivity contribution is 5.80. The number of rotatable bonds is 4. The zero-order chi connectivity index (χ0) is 18.8. The molecule has 0 spiro atoms. The second kappa shape index (κ2) is 7.19. The standard InChI is InChI=1S/C20H21N5O2/c1-2-17(25-11-6-10-21-25)20(27)24-12-9-15-16(13-24)22-18(23-19(15)26)14-7-4-3-5-8-14/h3-8,10-11,17H,2,9,12-13H2,1H3,(H,22,23,26)/t17-/m0/s1. The van der Waals surface area contributed by atoms with Crippen molar-refractivity contribution < 1.29 is 4.79 Å². The Bertz CT molecular complexity index is 995. The highest BCUT2D eigenvalue weighted by atomic mass is 16.2. The SMILES string of the molecule is CC[C@@H](C(=O)N1CCc2c(nc(-c3ccccc3)[nH]c2=O)C1)n1cccn1. The number of aromatic amines is 1. The molecular formula is C20H21N5O2. The first-order chi connectivity index (χ1) is 13.2. The Morgan fingerprint density at radius 1 is 1.26 bits per heavy atom. The third-order valence-electron chi connectivity index (χ3n) is 4.95. The van der Waals surface area contributed by atoms with E-state index in [2.05, 4.69) is 15.1 Å². The Morgan fingerprint density at radius 2 is 2.07 bits per heavy atom. The van der Waals surface area contributed by atoms with Crippen molar-refractivity contribution >= 4 is 5.91 Å². The highest BCUT2D eigenvalue weighted by Crippen LogP contribution is 2.22. The Labute approximate surface area is 156 Å². The first kappa shape index (κ1) is 17.2. The number of nitrogens with zero attached hydrogens (tertiary/aromatic N) is 4. The predicted octanol–water partition coefficient (Wildman–Crippen LogP) is 2.17. The van der Waals surface area contributed by atoms with Gasteiger partial charge in [0.15, 0.2) is 0 Å². The molecule has 1 aliphatic rings. The van der Waals surface area contributed by atoms with Crippen molar-refractivity contribution in [2.75, 3.05) is 6.54 Å². The van der Waals surface area contributed by atoms with E-state index in [9.17, 15) is 9.59 Å². The Hall–Kier alpha value is -3.22. The monoisotopic (exact) mass is 363 g/mol. The van der Waals surface area contributed by atoms with E-state index in [1.54, 1.807) is 22.0 Å². The van der Waals surface area contributed by atoms with Gasteiger partial charge in [0.2, 0.25) is 5.91 Å². The number of H-pyrrole nitrogens is 1. The van der Waals surface area contributed by atoms with E-state index in [1.165, 1.54) is 0 Å². The van der Waals surface area contributed by atoms with E-state index in [-0.39, 0.29) is 17.5 Å². The summed E-state index contributed by atoms with van der Waals surface area (Å²) in [4.78, 5) is 34.8. The van der Waals surface area contributed by atoms with E-state index in [1.807, 2.05) is 43.3 Å². The van der Waals surface area contributed by atoms with Crippen LogP contribution in [0, 0.1) is 0 Å². The summed E-state index contributed by atoms with van der Waals surface area (Å²) in [6.07, 6.45) is 4.64. The number of amides is 1. The van der Waals surface area contributed by atoms with Crippen LogP contribution >= 0.6 is 0 Å². The maximum atomic E-state index is 13.0. The normalized spacial score (nSPS) is 14.6. The van der Waals surface area contributed by atoms with Gasteiger partial charge >= 0.3 is 0 Å². The number of fused-ring (bicyclic) bond motifs is 1. The third kappa shape index (κ3) is 3.28. The molecule has 4 rings (SSSR count). The van der Waals surface area contributed by atoms with Gasteiger partial charge in [0.1, 0.15) is 11.9 Å². The Morgan fingerprint density at radius 3 is 2.78 bits per heavy atom. The molecule has 1 atom stereocenters. The van der Waals surface area contributed by atoms with Crippen molar-refractivity contribution in [1.29, 1.82) is 0 Å². The summed E-state index contributed by atoms with van der Waals surface area (Å²) in [6, 6.07) is 11.0. The van der Waals surface area contributed by atoms with Gasteiger partial charge in [-0.2, -0.15) is 5.10 Å². The molecule has 3 heterocycles. The fraction of sp³-hybridized carbons (Fsp3) is 0.300. The summed E-state index contributed by atoms with van der Waals surface area (Å²) in [5.41, 5.74) is 2.08. The molecule has 1 amide bonds. The van der Waals surface area contributed by atoms with E-state index in [4.69, 9.17) is 0 Å². The lowest BCUT2D eigenvalue weighted by atomic mass is 10.0. The topological polar surface area (TPSA) is 83.9 Å². The fourth-order valence-electron chi connectivity index (χ4n) is 3.51. The molecule has 0 saturated carbocycles. The molecule has 0 saturated heterocycles. The molecule has 1 aromatic carbocycles. The Balaban J connectivity index is 1.63. The summed E-state index contributed by atoms with van der Waals surface area (Å²) in [5, 5.41) is 4.21. The molecule has 3 aromatic rings. The molecule has 1 N–H and O–H groups in total. The van der Waals surface area contributed by atoms with Gasteiger partial charge in [0.25, 0.3) is 5.56 Å². The average Bonchev–Trinajstić information content (AvgIpc) is 3.23. The van der Waals surface area contributed by atoms with Crippen LogP contribution in [0.1, 0.15) is 30.6 Å². The van der Waals surface area contributed by atoms with Crippen LogP contribution < -0.4 is 5.56 Å². The first-order valence-electron chi connectivity index (χ1n) is 9.12. The first-order valence-corrected chi connectivity index (χ1v) is 9.12. The van der Waals surface area contributed by atoms with Crippen molar-refractivity contribution in [2.24, 2.45) is 0 Å². The maximum absolute atomic E-state index is 13.0. The summed E-state index contributed by atoms with van der Waals surface area (Å²) in [7, 11) is 0. The second-order valence-electron chi connectivity index (χ2n) is 6.63. The van der Waals surface area contributed by atoms with Crippen LogP contribution in [0.15, 0.2) is 53.6 Å². The lowest BCUT2D eigenvalue weighted by Crippen LogP contribution is -2.42. The minimum atomic E-state index is -0.336. The van der Waals surface area contributed by atoms with Gasteiger partial charge in [-0.05, 0) is 18.9 Å². The van der Waals surface area contributed by atoms with Crippen LogP contribution in [-0.4, -0.2) is 37.1 Å². The fourth-order valence-corrected chi connectivity index (χ4v) is 3.51. The van der Waals surface area contributed by atoms with E-state index in [0.29, 0.717) is 43.0 Å². The quantitative estimate of drug-likeness (QED) is 0.770. The molecule has 27 heavy (non-hydrogen) atoms. The van der Waals surface area contributed by atoms with E-state index < -0.39 is 0 Å². The van der Waals surface area contributed by atoms with Crippen molar-refractivity contribution in [2.45, 2.75) is 32.4 Å². The third-order valence-corrected chi connectivity index (χ3v) is 4.95. The van der Waals surface area contributed by atoms with Crippen molar-refractivity contribution in [3.63, 3.8) is 0 Å². The number of hydrogen-bond donors (Lipinski definition) is 1. The lowest BCUT2D eigenvalue weighted by Gasteiger charge is -2.30. The van der Waals surface area contributed by atoms with Crippen LogP contribution in [0.5, 0.6) is 0 Å². The number of hydrogen-bond acceptors (Lipinski definition) is 4. The van der Waals surface area contributed by atoms with Crippen LogP contribution in [0.4, 0.5) is 0 Å². The molecule has 0 radical (unpaired) electrons. The van der Waals surface area contributed by atoms with Gasteiger partial charge in [-0.25, -0.2) is 4.98 Å². The Kier molecular flexibility index (Phi) is 4.58. The second-order valence-corrected chi connectivity index (χ2v) is 6.63. The van der Waals surface area contributed by atoms with Crippen molar-refractivity contribution in [3.05, 3.63) is 70.4 Å². The van der Waals surface area contributed by atoms with Gasteiger partial charge in [0.05, 0.1) is 12.2 Å². The largest absolute Gasteiger partial charge is 0.335 e. The van der Waals surface area contributed by atoms with E-state index >= 15 is 0 Å². The molecule has 138 valence electrons. The molecule has 0 fully saturated rings. The van der Waals surface area contributed by atoms with Gasteiger partial charge < -0.3 is 9.88 Å². The molecule has 0 unspecified atom stereocenters. The summed E-state index contributed by atoms with van der Waals surface area (Å²) in [5.74, 6) is 0.544. The lowest BCUT2D eigenvalue weighted by molar-refractivity contribution is -0.136. The van der Waals surface area contributed by atoms with Crippen molar-refractivity contribution in [1.82, 2.24) is 24.6 Å². The number of benzene rings is 1. The zero-order valence-corrected chi connectivity index (χ0v) is 15.1.